The number of benzene rings is 1. The van der Waals surface area contributed by atoms with Gasteiger partial charge in [-0.2, -0.15) is 0 Å². The highest BCUT2D eigenvalue weighted by Crippen LogP contribution is 2.43. The predicted octanol–water partition coefficient (Wildman–Crippen LogP) is 4.36. The maximum Gasteiger partial charge on any atom is 0.310 e. The molecule has 0 fully saturated rings. The molecule has 0 radical (unpaired) electrons. The molecular weight excluding hydrogens is 392 g/mol. The summed E-state index contributed by atoms with van der Waals surface area (Å²) < 4.78 is 16.2. The number of ether oxygens (including phenoxy) is 3. The molecule has 6 heteroatoms. The Morgan fingerprint density at radius 2 is 1.83 bits per heavy atom. The second-order valence-electron chi connectivity index (χ2n) is 5.28. The van der Waals surface area contributed by atoms with Gasteiger partial charge in [-0.25, -0.2) is 0 Å². The number of methoxy groups -OCH3 is 3. The highest BCUT2D eigenvalue weighted by molar-refractivity contribution is 9.09. The van der Waals surface area contributed by atoms with Crippen molar-refractivity contribution in [3.05, 3.63) is 46.8 Å². The Morgan fingerprint density at radius 1 is 1.21 bits per heavy atom. The zero-order valence-electron chi connectivity index (χ0n) is 14.2. The number of alkyl halides is 1. The summed E-state index contributed by atoms with van der Waals surface area (Å²) in [5.41, 5.74) is 1.95. The summed E-state index contributed by atoms with van der Waals surface area (Å²) in [6, 6.07) is 11.9. The Hall–Kier alpha value is -1.21. The van der Waals surface area contributed by atoms with Gasteiger partial charge in [0.2, 0.25) is 5.79 Å². The van der Waals surface area contributed by atoms with Crippen molar-refractivity contribution in [3.8, 4) is 10.4 Å². The van der Waals surface area contributed by atoms with E-state index >= 15 is 0 Å². The molecular formula is C18H21BrO4S. The van der Waals surface area contributed by atoms with E-state index in [1.54, 1.807) is 25.6 Å². The molecule has 1 aromatic heterocycles. The predicted molar refractivity (Wildman–Crippen MR) is 99.6 cm³/mol. The molecule has 2 aromatic rings. The van der Waals surface area contributed by atoms with E-state index in [-0.39, 0.29) is 17.2 Å². The molecule has 0 spiro atoms. The van der Waals surface area contributed by atoms with Crippen LogP contribution in [0.15, 0.2) is 36.4 Å². The third-order valence-electron chi connectivity index (χ3n) is 3.88. The van der Waals surface area contributed by atoms with E-state index in [9.17, 15) is 4.79 Å². The van der Waals surface area contributed by atoms with E-state index in [1.807, 2.05) is 43.3 Å². The number of carbonyl (C=O) groups excluding carboxylic acids is 1. The van der Waals surface area contributed by atoms with E-state index in [2.05, 4.69) is 15.9 Å². The fraction of sp³-hybridized carbons (Fsp3) is 0.389. The van der Waals surface area contributed by atoms with E-state index in [0.717, 1.165) is 20.9 Å². The first kappa shape index (κ1) is 19.1. The van der Waals surface area contributed by atoms with Crippen molar-refractivity contribution in [2.45, 2.75) is 24.0 Å². The van der Waals surface area contributed by atoms with Crippen LogP contribution in [-0.4, -0.2) is 32.1 Å². The van der Waals surface area contributed by atoms with E-state index in [1.165, 1.54) is 7.11 Å². The number of thiophene rings is 1. The summed E-state index contributed by atoms with van der Waals surface area (Å²) in [6.07, 6.45) is 0.206. The van der Waals surface area contributed by atoms with Crippen molar-refractivity contribution in [1.82, 2.24) is 0 Å². The maximum absolute atomic E-state index is 11.8. The Balaban J connectivity index is 2.58. The van der Waals surface area contributed by atoms with Gasteiger partial charge >= 0.3 is 5.97 Å². The Morgan fingerprint density at radius 3 is 2.33 bits per heavy atom. The lowest BCUT2D eigenvalue weighted by Crippen LogP contribution is -2.37. The monoisotopic (exact) mass is 412 g/mol. The van der Waals surface area contributed by atoms with Crippen LogP contribution in [0.5, 0.6) is 0 Å². The molecule has 0 saturated heterocycles. The number of carbonyl (C=O) groups is 1. The van der Waals surface area contributed by atoms with Crippen LogP contribution in [-0.2, 0) is 31.2 Å². The van der Waals surface area contributed by atoms with Crippen LogP contribution in [0.2, 0.25) is 0 Å². The molecule has 0 saturated carbocycles. The number of hydrogen-bond donors (Lipinski definition) is 0. The van der Waals surface area contributed by atoms with Crippen molar-refractivity contribution in [2.75, 3.05) is 21.3 Å². The lowest BCUT2D eigenvalue weighted by Gasteiger charge is -2.32. The number of halogens is 1. The number of rotatable bonds is 7. The third-order valence-corrected chi connectivity index (χ3v) is 5.81. The molecule has 0 bridgehead atoms. The van der Waals surface area contributed by atoms with Gasteiger partial charge in [-0.3, -0.25) is 4.79 Å². The first-order valence-corrected chi connectivity index (χ1v) is 9.21. The zero-order valence-corrected chi connectivity index (χ0v) is 16.6. The van der Waals surface area contributed by atoms with Gasteiger partial charge in [0, 0.05) is 19.1 Å². The minimum Gasteiger partial charge on any atom is -0.469 e. The van der Waals surface area contributed by atoms with Crippen molar-refractivity contribution < 1.29 is 19.0 Å². The van der Waals surface area contributed by atoms with Crippen molar-refractivity contribution >= 4 is 33.2 Å². The van der Waals surface area contributed by atoms with Crippen LogP contribution < -0.4 is 0 Å². The fourth-order valence-electron chi connectivity index (χ4n) is 2.60. The van der Waals surface area contributed by atoms with Crippen molar-refractivity contribution in [2.24, 2.45) is 0 Å². The van der Waals surface area contributed by atoms with Crippen LogP contribution in [0.3, 0.4) is 0 Å². The second-order valence-corrected chi connectivity index (χ2v) is 7.70. The number of hydrogen-bond acceptors (Lipinski definition) is 5. The molecule has 1 heterocycles. The molecule has 0 aliphatic carbocycles. The van der Waals surface area contributed by atoms with E-state index < -0.39 is 5.79 Å². The van der Waals surface area contributed by atoms with Gasteiger partial charge in [-0.05, 0) is 24.1 Å². The Kier molecular flexibility index (Phi) is 6.57. The van der Waals surface area contributed by atoms with Gasteiger partial charge in [0.05, 0.1) is 23.2 Å². The van der Waals surface area contributed by atoms with Crippen LogP contribution in [0.4, 0.5) is 0 Å². The summed E-state index contributed by atoms with van der Waals surface area (Å²) in [6.45, 7) is 1.97. The summed E-state index contributed by atoms with van der Waals surface area (Å²) in [4.78, 5) is 13.6. The Bertz CT molecular complexity index is 678. The molecule has 130 valence electrons. The topological polar surface area (TPSA) is 44.8 Å². The summed E-state index contributed by atoms with van der Waals surface area (Å²) >= 11 is 5.14. The first-order valence-electron chi connectivity index (χ1n) is 7.48. The van der Waals surface area contributed by atoms with Gasteiger partial charge in [0.15, 0.2) is 0 Å². The lowest BCUT2D eigenvalue weighted by molar-refractivity contribution is -0.209. The quantitative estimate of drug-likeness (QED) is 0.385. The molecule has 0 aliphatic rings. The standard InChI is InChI=1S/C18H21BrO4S/c1-12(19)18(22-3,23-4)15-10-14(11-16(20)21-2)17(24-15)13-8-6-5-7-9-13/h5-10,12H,11H2,1-4H3. The minimum atomic E-state index is -0.914. The third kappa shape index (κ3) is 3.72. The molecule has 1 aromatic carbocycles. The minimum absolute atomic E-state index is 0.0757. The smallest absolute Gasteiger partial charge is 0.310 e. The second kappa shape index (κ2) is 8.25. The first-order chi connectivity index (χ1) is 11.5. The van der Waals surface area contributed by atoms with Gasteiger partial charge in [-0.1, -0.05) is 46.3 Å². The molecule has 0 aliphatic heterocycles. The molecule has 1 unspecified atom stereocenters. The molecule has 24 heavy (non-hydrogen) atoms. The number of esters is 1. The van der Waals surface area contributed by atoms with Crippen molar-refractivity contribution in [3.63, 3.8) is 0 Å². The van der Waals surface area contributed by atoms with Gasteiger partial charge in [0.25, 0.3) is 0 Å². The van der Waals surface area contributed by atoms with Crippen LogP contribution >= 0.6 is 27.3 Å². The molecule has 2 rings (SSSR count). The molecule has 0 N–H and O–H groups in total. The lowest BCUT2D eigenvalue weighted by atomic mass is 10.0. The largest absolute Gasteiger partial charge is 0.469 e. The summed E-state index contributed by atoms with van der Waals surface area (Å²) in [5.74, 6) is -1.19. The molecule has 1 atom stereocenters. The van der Waals surface area contributed by atoms with Gasteiger partial charge in [-0.15, -0.1) is 11.3 Å². The maximum atomic E-state index is 11.8. The Labute approximate surface area is 154 Å². The van der Waals surface area contributed by atoms with Crippen molar-refractivity contribution in [1.29, 1.82) is 0 Å². The normalized spacial score (nSPS) is 12.9. The fourth-order valence-corrected chi connectivity index (χ4v) is 4.79. The zero-order chi connectivity index (χ0) is 17.7. The summed E-state index contributed by atoms with van der Waals surface area (Å²) in [7, 11) is 4.62. The average molecular weight is 413 g/mol. The highest BCUT2D eigenvalue weighted by atomic mass is 79.9. The average Bonchev–Trinajstić information content (AvgIpc) is 3.01. The SMILES string of the molecule is COC(=O)Cc1cc(C(OC)(OC)C(C)Br)sc1-c1ccccc1. The van der Waals surface area contributed by atoms with E-state index in [4.69, 9.17) is 14.2 Å². The van der Waals surface area contributed by atoms with Crippen LogP contribution in [0.25, 0.3) is 10.4 Å². The van der Waals surface area contributed by atoms with Crippen LogP contribution in [0, 0.1) is 0 Å². The van der Waals surface area contributed by atoms with Gasteiger partial charge < -0.3 is 14.2 Å². The van der Waals surface area contributed by atoms with E-state index in [0.29, 0.717) is 0 Å². The highest BCUT2D eigenvalue weighted by Gasteiger charge is 2.39. The molecule has 4 nitrogen and oxygen atoms in total. The molecule has 0 amide bonds. The van der Waals surface area contributed by atoms with Gasteiger partial charge in [0.1, 0.15) is 0 Å². The van der Waals surface area contributed by atoms with Crippen LogP contribution in [0.1, 0.15) is 17.4 Å². The summed E-state index contributed by atoms with van der Waals surface area (Å²) in [5, 5.41) is 0.